The molecule has 0 aliphatic heterocycles. The summed E-state index contributed by atoms with van der Waals surface area (Å²) in [6.07, 6.45) is 1.93. The van der Waals surface area contributed by atoms with E-state index in [2.05, 4.69) is 32.0 Å². The first kappa shape index (κ1) is 12.3. The molecule has 2 nitrogen and oxygen atoms in total. The Kier molecular flexibility index (Phi) is 2.86. The Morgan fingerprint density at radius 3 is 2.42 bits per heavy atom. The van der Waals surface area contributed by atoms with E-state index in [0.29, 0.717) is 0 Å². The molecule has 0 saturated carbocycles. The van der Waals surface area contributed by atoms with Crippen molar-refractivity contribution in [2.45, 2.75) is 26.7 Å². The number of nitrogens with two attached hydrogens (primary N) is 2. The molecule has 0 bridgehead atoms. The predicted octanol–water partition coefficient (Wildman–Crippen LogP) is 4.34. The lowest BCUT2D eigenvalue weighted by Gasteiger charge is -2.04. The first-order valence-corrected chi connectivity index (χ1v) is 7.49. The van der Waals surface area contributed by atoms with E-state index in [1.807, 2.05) is 6.07 Å². The van der Waals surface area contributed by atoms with Gasteiger partial charge in [0, 0.05) is 31.5 Å². The van der Waals surface area contributed by atoms with Gasteiger partial charge in [0.1, 0.15) is 0 Å². The minimum atomic E-state index is 0.894. The molecule has 1 aromatic heterocycles. The highest BCUT2D eigenvalue weighted by Crippen LogP contribution is 2.39. The van der Waals surface area contributed by atoms with Crippen molar-refractivity contribution in [3.05, 3.63) is 35.4 Å². The number of anilines is 2. The summed E-state index contributed by atoms with van der Waals surface area (Å²) < 4.78 is 2.56. The molecule has 0 saturated heterocycles. The van der Waals surface area contributed by atoms with Crippen molar-refractivity contribution in [1.82, 2.24) is 0 Å². The lowest BCUT2D eigenvalue weighted by atomic mass is 10.0. The average Bonchev–Trinajstić information content (AvgIpc) is 2.74. The highest BCUT2D eigenvalue weighted by Gasteiger charge is 2.12. The summed E-state index contributed by atoms with van der Waals surface area (Å²) in [5.74, 6) is 0. The second-order valence-electron chi connectivity index (χ2n) is 4.87. The number of benzene rings is 2. The summed E-state index contributed by atoms with van der Waals surface area (Å²) in [5, 5.41) is 2.61. The number of fused-ring (bicyclic) bond motifs is 3. The van der Waals surface area contributed by atoms with Gasteiger partial charge in [-0.1, -0.05) is 19.9 Å². The predicted molar refractivity (Wildman–Crippen MR) is 86.9 cm³/mol. The van der Waals surface area contributed by atoms with Crippen LogP contribution in [0.25, 0.3) is 20.2 Å². The van der Waals surface area contributed by atoms with Gasteiger partial charge in [0.15, 0.2) is 0 Å². The first-order chi connectivity index (χ1) is 9.15. The van der Waals surface area contributed by atoms with Gasteiger partial charge in [-0.25, -0.2) is 0 Å². The molecule has 2 aromatic carbocycles. The van der Waals surface area contributed by atoms with Crippen LogP contribution in [0.1, 0.15) is 25.0 Å². The van der Waals surface area contributed by atoms with E-state index in [0.717, 1.165) is 24.2 Å². The molecule has 0 atom stereocenters. The molecule has 3 rings (SSSR count). The standard InChI is InChI=1S/C16H18N2S/c1-3-9-7-12-11-5-6-13(17)10(4-2)16(11)19-15(12)8-14(9)18/h5-8H,3-4,17-18H2,1-2H3. The van der Waals surface area contributed by atoms with Crippen LogP contribution in [-0.2, 0) is 12.8 Å². The molecule has 0 aliphatic rings. The van der Waals surface area contributed by atoms with Gasteiger partial charge in [0.25, 0.3) is 0 Å². The van der Waals surface area contributed by atoms with Crippen LogP contribution in [-0.4, -0.2) is 0 Å². The fourth-order valence-electron chi connectivity index (χ4n) is 2.69. The molecule has 19 heavy (non-hydrogen) atoms. The van der Waals surface area contributed by atoms with Crippen molar-refractivity contribution in [3.8, 4) is 0 Å². The number of thiophene rings is 1. The van der Waals surface area contributed by atoms with Crippen LogP contribution in [0.2, 0.25) is 0 Å². The van der Waals surface area contributed by atoms with E-state index in [-0.39, 0.29) is 0 Å². The second-order valence-corrected chi connectivity index (χ2v) is 5.92. The van der Waals surface area contributed by atoms with Gasteiger partial charge in [0.05, 0.1) is 0 Å². The van der Waals surface area contributed by atoms with Crippen molar-refractivity contribution in [2.24, 2.45) is 0 Å². The molecule has 3 aromatic rings. The van der Waals surface area contributed by atoms with Crippen molar-refractivity contribution in [2.75, 3.05) is 11.5 Å². The van der Waals surface area contributed by atoms with Gasteiger partial charge in [-0.05, 0) is 42.2 Å². The fraction of sp³-hybridized carbons (Fsp3) is 0.250. The molecule has 0 radical (unpaired) electrons. The van der Waals surface area contributed by atoms with Crippen LogP contribution in [0.15, 0.2) is 24.3 Å². The molecule has 0 amide bonds. The van der Waals surface area contributed by atoms with E-state index in [1.54, 1.807) is 11.3 Å². The SMILES string of the molecule is CCc1cc2c(cc1N)sc1c(CC)c(N)ccc12. The minimum absolute atomic E-state index is 0.894. The van der Waals surface area contributed by atoms with Gasteiger partial charge in [-0.2, -0.15) is 0 Å². The van der Waals surface area contributed by atoms with Crippen LogP contribution in [0.3, 0.4) is 0 Å². The first-order valence-electron chi connectivity index (χ1n) is 6.67. The molecule has 3 heteroatoms. The molecule has 0 spiro atoms. The highest BCUT2D eigenvalue weighted by atomic mass is 32.1. The average molecular weight is 270 g/mol. The number of hydrogen-bond donors (Lipinski definition) is 2. The zero-order valence-electron chi connectivity index (χ0n) is 11.3. The van der Waals surface area contributed by atoms with Gasteiger partial charge in [-0.15, -0.1) is 11.3 Å². The molecule has 0 unspecified atom stereocenters. The molecule has 1 heterocycles. The summed E-state index contributed by atoms with van der Waals surface area (Å²) >= 11 is 1.80. The molecular weight excluding hydrogens is 252 g/mol. The minimum Gasteiger partial charge on any atom is -0.398 e. The lowest BCUT2D eigenvalue weighted by molar-refractivity contribution is 1.15. The van der Waals surface area contributed by atoms with Gasteiger partial charge in [0.2, 0.25) is 0 Å². The van der Waals surface area contributed by atoms with Gasteiger partial charge >= 0.3 is 0 Å². The third-order valence-electron chi connectivity index (χ3n) is 3.77. The Bertz CT molecular complexity index is 771. The van der Waals surface area contributed by atoms with Crippen molar-refractivity contribution in [3.63, 3.8) is 0 Å². The normalized spacial score (nSPS) is 11.5. The van der Waals surface area contributed by atoms with Crippen molar-refractivity contribution in [1.29, 1.82) is 0 Å². The second kappa shape index (κ2) is 4.42. The van der Waals surface area contributed by atoms with E-state index in [9.17, 15) is 0 Å². The zero-order valence-corrected chi connectivity index (χ0v) is 12.1. The van der Waals surface area contributed by atoms with Crippen LogP contribution < -0.4 is 11.5 Å². The topological polar surface area (TPSA) is 52.0 Å². The summed E-state index contributed by atoms with van der Waals surface area (Å²) in [4.78, 5) is 0. The Morgan fingerprint density at radius 1 is 0.947 bits per heavy atom. The fourth-order valence-corrected chi connectivity index (χ4v) is 4.05. The molecule has 0 aliphatic carbocycles. The maximum atomic E-state index is 6.10. The summed E-state index contributed by atoms with van der Waals surface area (Å²) in [6.45, 7) is 4.29. The largest absolute Gasteiger partial charge is 0.398 e. The van der Waals surface area contributed by atoms with E-state index >= 15 is 0 Å². The van der Waals surface area contributed by atoms with E-state index in [1.165, 1.54) is 31.3 Å². The maximum Gasteiger partial charge on any atom is 0.0407 e. The van der Waals surface area contributed by atoms with Gasteiger partial charge in [-0.3, -0.25) is 0 Å². The van der Waals surface area contributed by atoms with E-state index < -0.39 is 0 Å². The molecular formula is C16H18N2S. The van der Waals surface area contributed by atoms with Crippen LogP contribution in [0, 0.1) is 0 Å². The maximum absolute atomic E-state index is 6.10. The molecule has 0 fully saturated rings. The third kappa shape index (κ3) is 1.77. The molecule has 4 N–H and O–H groups in total. The van der Waals surface area contributed by atoms with Crippen LogP contribution in [0.4, 0.5) is 11.4 Å². The Morgan fingerprint density at radius 2 is 1.74 bits per heavy atom. The number of rotatable bonds is 2. The van der Waals surface area contributed by atoms with Crippen molar-refractivity contribution < 1.29 is 0 Å². The summed E-state index contributed by atoms with van der Waals surface area (Å²) in [5.41, 5.74) is 16.5. The highest BCUT2D eigenvalue weighted by molar-refractivity contribution is 7.26. The summed E-state index contributed by atoms with van der Waals surface area (Å²) in [7, 11) is 0. The quantitative estimate of drug-likeness (QED) is 0.680. The summed E-state index contributed by atoms with van der Waals surface area (Å²) in [6, 6.07) is 8.50. The number of hydrogen-bond acceptors (Lipinski definition) is 3. The zero-order chi connectivity index (χ0) is 13.6. The number of aryl methyl sites for hydroxylation is 2. The van der Waals surface area contributed by atoms with E-state index in [4.69, 9.17) is 11.5 Å². The Balaban J connectivity index is 2.45. The third-order valence-corrected chi connectivity index (χ3v) is 5.00. The Hall–Kier alpha value is -1.74. The Labute approximate surface area is 117 Å². The van der Waals surface area contributed by atoms with Crippen LogP contribution in [0.5, 0.6) is 0 Å². The van der Waals surface area contributed by atoms with Crippen molar-refractivity contribution >= 4 is 42.9 Å². The molecule has 98 valence electrons. The van der Waals surface area contributed by atoms with Crippen LogP contribution >= 0.6 is 11.3 Å². The lowest BCUT2D eigenvalue weighted by Crippen LogP contribution is -1.92. The smallest absolute Gasteiger partial charge is 0.0407 e. The van der Waals surface area contributed by atoms with Gasteiger partial charge < -0.3 is 11.5 Å². The number of nitrogen functional groups attached to an aromatic ring is 2. The monoisotopic (exact) mass is 270 g/mol.